The third-order valence-electron chi connectivity index (χ3n) is 6.43. The van der Waals surface area contributed by atoms with Gasteiger partial charge in [0.25, 0.3) is 5.91 Å². The summed E-state index contributed by atoms with van der Waals surface area (Å²) in [4.78, 5) is 43.9. The van der Waals surface area contributed by atoms with E-state index in [1.165, 1.54) is 0 Å². The van der Waals surface area contributed by atoms with E-state index < -0.39 is 0 Å². The molecule has 0 spiro atoms. The van der Waals surface area contributed by atoms with E-state index in [2.05, 4.69) is 5.32 Å². The summed E-state index contributed by atoms with van der Waals surface area (Å²) in [5.74, 6) is 0.280. The molecule has 9 nitrogen and oxygen atoms in total. The second kappa shape index (κ2) is 11.2. The van der Waals surface area contributed by atoms with Gasteiger partial charge in [-0.1, -0.05) is 6.92 Å². The lowest BCUT2D eigenvalue weighted by Gasteiger charge is -2.36. The SMILES string of the molecule is CO[C@H]1CN(C)C(=O)c2ccc(NC(=O)C3CC3)cc2OC[C@H](C)N(C(=O)CN(C)C)C[C@@H]1C. The van der Waals surface area contributed by atoms with Gasteiger partial charge in [-0.2, -0.15) is 0 Å². The first-order chi connectivity index (χ1) is 16.1. The van der Waals surface area contributed by atoms with Crippen molar-refractivity contribution in [3.8, 4) is 5.75 Å². The summed E-state index contributed by atoms with van der Waals surface area (Å²) in [7, 11) is 7.10. The minimum atomic E-state index is -0.239. The highest BCUT2D eigenvalue weighted by Gasteiger charge is 2.32. The van der Waals surface area contributed by atoms with Gasteiger partial charge >= 0.3 is 0 Å². The predicted octanol–water partition coefficient (Wildman–Crippen LogP) is 1.93. The van der Waals surface area contributed by atoms with E-state index in [9.17, 15) is 14.4 Å². The Hall–Kier alpha value is -2.65. The number of benzene rings is 1. The van der Waals surface area contributed by atoms with E-state index in [-0.39, 0.29) is 48.3 Å². The highest BCUT2D eigenvalue weighted by Crippen LogP contribution is 2.32. The topological polar surface area (TPSA) is 91.4 Å². The van der Waals surface area contributed by atoms with Gasteiger partial charge in [-0.15, -0.1) is 0 Å². The molecule has 1 aliphatic carbocycles. The van der Waals surface area contributed by atoms with Crippen molar-refractivity contribution in [1.82, 2.24) is 14.7 Å². The maximum Gasteiger partial charge on any atom is 0.257 e. The maximum atomic E-state index is 13.3. The number of ether oxygens (including phenoxy) is 2. The summed E-state index contributed by atoms with van der Waals surface area (Å²) >= 11 is 0. The molecule has 1 aliphatic heterocycles. The average Bonchev–Trinajstić information content (AvgIpc) is 3.63. The standard InChI is InChI=1S/C25H38N4O5/c1-16-12-29(23(30)14-27(3)4)17(2)15-34-21-11-19(26-24(31)18-7-8-18)9-10-20(21)25(32)28(5)13-22(16)33-6/h9-11,16-18,22H,7-8,12-15H2,1-6H3,(H,26,31)/t16-,17-,22-/m0/s1. The third kappa shape index (κ3) is 6.48. The van der Waals surface area contributed by atoms with E-state index in [0.717, 1.165) is 12.8 Å². The second-order valence-electron chi connectivity index (χ2n) is 9.86. The number of amides is 3. The van der Waals surface area contributed by atoms with Crippen LogP contribution in [-0.4, -0.2) is 99.1 Å². The summed E-state index contributed by atoms with van der Waals surface area (Å²) in [6, 6.07) is 4.89. The lowest BCUT2D eigenvalue weighted by molar-refractivity contribution is -0.136. The highest BCUT2D eigenvalue weighted by atomic mass is 16.5. The number of methoxy groups -OCH3 is 1. The molecular weight excluding hydrogens is 436 g/mol. The Morgan fingerprint density at radius 3 is 2.53 bits per heavy atom. The molecule has 3 amide bonds. The highest BCUT2D eigenvalue weighted by molar-refractivity contribution is 5.99. The van der Waals surface area contributed by atoms with Gasteiger partial charge < -0.3 is 29.5 Å². The molecule has 0 saturated heterocycles. The van der Waals surface area contributed by atoms with Gasteiger partial charge in [0.1, 0.15) is 12.4 Å². The molecule has 3 rings (SSSR count). The van der Waals surface area contributed by atoms with Gasteiger partial charge in [-0.3, -0.25) is 14.4 Å². The zero-order valence-corrected chi connectivity index (χ0v) is 21.2. The van der Waals surface area contributed by atoms with Crippen LogP contribution in [0.1, 0.15) is 37.0 Å². The maximum absolute atomic E-state index is 13.3. The van der Waals surface area contributed by atoms with Crippen molar-refractivity contribution >= 4 is 23.4 Å². The van der Waals surface area contributed by atoms with Gasteiger partial charge in [0.05, 0.1) is 24.3 Å². The van der Waals surface area contributed by atoms with Crippen molar-refractivity contribution in [2.24, 2.45) is 11.8 Å². The van der Waals surface area contributed by atoms with E-state index in [4.69, 9.17) is 9.47 Å². The van der Waals surface area contributed by atoms with Gasteiger partial charge in [0.2, 0.25) is 11.8 Å². The first-order valence-corrected chi connectivity index (χ1v) is 11.9. The molecule has 1 saturated carbocycles. The van der Waals surface area contributed by atoms with E-state index >= 15 is 0 Å². The summed E-state index contributed by atoms with van der Waals surface area (Å²) in [6.07, 6.45) is 1.57. The number of fused-ring (bicyclic) bond motifs is 1. The number of carbonyl (C=O) groups excluding carboxylic acids is 3. The molecule has 0 unspecified atom stereocenters. The molecule has 1 fully saturated rings. The normalized spacial score (nSPS) is 24.1. The van der Waals surface area contributed by atoms with Gasteiger partial charge in [-0.05, 0) is 46.0 Å². The zero-order chi connectivity index (χ0) is 25.0. The fraction of sp³-hybridized carbons (Fsp3) is 0.640. The average molecular weight is 475 g/mol. The zero-order valence-electron chi connectivity index (χ0n) is 21.2. The molecule has 0 aromatic heterocycles. The van der Waals surface area contributed by atoms with Crippen LogP contribution < -0.4 is 10.1 Å². The predicted molar refractivity (Wildman–Crippen MR) is 130 cm³/mol. The molecule has 1 aromatic carbocycles. The van der Waals surface area contributed by atoms with Crippen molar-refractivity contribution in [3.63, 3.8) is 0 Å². The molecule has 1 aromatic rings. The Balaban J connectivity index is 1.92. The largest absolute Gasteiger partial charge is 0.491 e. The number of carbonyl (C=O) groups is 3. The number of nitrogens with zero attached hydrogens (tertiary/aromatic N) is 3. The molecule has 9 heteroatoms. The van der Waals surface area contributed by atoms with Gasteiger partial charge in [-0.25, -0.2) is 0 Å². The van der Waals surface area contributed by atoms with Crippen LogP contribution in [0.5, 0.6) is 5.75 Å². The monoisotopic (exact) mass is 474 g/mol. The summed E-state index contributed by atoms with van der Waals surface area (Å²) < 4.78 is 11.9. The molecular formula is C25H38N4O5. The molecule has 34 heavy (non-hydrogen) atoms. The fourth-order valence-corrected chi connectivity index (χ4v) is 4.15. The Kier molecular flexibility index (Phi) is 8.54. The number of hydrogen-bond acceptors (Lipinski definition) is 6. The first kappa shape index (κ1) is 26.0. The van der Waals surface area contributed by atoms with E-state index in [0.29, 0.717) is 36.6 Å². The lowest BCUT2D eigenvalue weighted by Crippen LogP contribution is -2.50. The third-order valence-corrected chi connectivity index (χ3v) is 6.43. The molecule has 0 bridgehead atoms. The van der Waals surface area contributed by atoms with Gasteiger partial charge in [0.15, 0.2) is 0 Å². The smallest absolute Gasteiger partial charge is 0.257 e. The number of anilines is 1. The minimum Gasteiger partial charge on any atom is -0.491 e. The van der Waals surface area contributed by atoms with Crippen LogP contribution in [-0.2, 0) is 14.3 Å². The van der Waals surface area contributed by atoms with Crippen molar-refractivity contribution in [3.05, 3.63) is 23.8 Å². The summed E-state index contributed by atoms with van der Waals surface area (Å²) in [6.45, 7) is 5.35. The molecule has 2 aliphatic rings. The number of likely N-dealkylation sites (N-methyl/N-ethyl adjacent to an activating group) is 2. The molecule has 1 heterocycles. The van der Waals surface area contributed by atoms with Crippen LogP contribution in [0.15, 0.2) is 18.2 Å². The van der Waals surface area contributed by atoms with Crippen molar-refractivity contribution in [2.45, 2.75) is 38.8 Å². The van der Waals surface area contributed by atoms with Crippen molar-refractivity contribution < 1.29 is 23.9 Å². The van der Waals surface area contributed by atoms with Crippen molar-refractivity contribution in [1.29, 1.82) is 0 Å². The first-order valence-electron chi connectivity index (χ1n) is 11.9. The summed E-state index contributed by atoms with van der Waals surface area (Å²) in [5, 5.41) is 2.91. The number of nitrogens with one attached hydrogen (secondary N) is 1. The van der Waals surface area contributed by atoms with Crippen LogP contribution in [0.25, 0.3) is 0 Å². The Labute approximate surface area is 202 Å². The van der Waals surface area contributed by atoms with Crippen LogP contribution in [0.2, 0.25) is 0 Å². The quantitative estimate of drug-likeness (QED) is 0.701. The van der Waals surface area contributed by atoms with Crippen molar-refractivity contribution in [2.75, 3.05) is 59.8 Å². The lowest BCUT2D eigenvalue weighted by atomic mass is 10.0. The van der Waals surface area contributed by atoms with E-state index in [1.54, 1.807) is 37.3 Å². The Morgan fingerprint density at radius 1 is 1.21 bits per heavy atom. The number of hydrogen-bond donors (Lipinski definition) is 1. The Bertz CT molecular complexity index is 901. The van der Waals surface area contributed by atoms with Crippen LogP contribution in [0.3, 0.4) is 0 Å². The minimum absolute atomic E-state index is 0.00715. The van der Waals surface area contributed by atoms with Crippen LogP contribution in [0.4, 0.5) is 5.69 Å². The second-order valence-corrected chi connectivity index (χ2v) is 9.86. The molecule has 0 radical (unpaired) electrons. The fourth-order valence-electron chi connectivity index (χ4n) is 4.15. The molecule has 188 valence electrons. The molecule has 1 N–H and O–H groups in total. The van der Waals surface area contributed by atoms with Gasteiger partial charge in [0, 0.05) is 50.8 Å². The van der Waals surface area contributed by atoms with E-state index in [1.807, 2.05) is 37.7 Å². The Morgan fingerprint density at radius 2 is 1.91 bits per heavy atom. The summed E-state index contributed by atoms with van der Waals surface area (Å²) in [5.41, 5.74) is 1.00. The number of rotatable bonds is 5. The van der Waals surface area contributed by atoms with Crippen LogP contribution >= 0.6 is 0 Å². The van der Waals surface area contributed by atoms with Crippen LogP contribution in [0, 0.1) is 11.8 Å². The molecule has 3 atom stereocenters.